The van der Waals surface area contributed by atoms with Crippen LogP contribution in [-0.2, 0) is 0 Å². The van der Waals surface area contributed by atoms with Gasteiger partial charge in [0.25, 0.3) is 0 Å². The number of ketones is 1. The van der Waals surface area contributed by atoms with Crippen LogP contribution in [0.4, 0.5) is 0 Å². The summed E-state index contributed by atoms with van der Waals surface area (Å²) in [5.41, 5.74) is 2.78. The van der Waals surface area contributed by atoms with E-state index in [9.17, 15) is 4.79 Å². The number of furan rings is 1. The molecule has 2 aromatic carbocycles. The van der Waals surface area contributed by atoms with Gasteiger partial charge in [-0.3, -0.25) is 4.79 Å². The zero-order chi connectivity index (χ0) is 16.1. The van der Waals surface area contributed by atoms with Crippen LogP contribution in [-0.4, -0.2) is 12.9 Å². The number of carbonyl (C=O) groups is 1. The monoisotopic (exact) mass is 304 g/mol. The van der Waals surface area contributed by atoms with Gasteiger partial charge in [0, 0.05) is 5.56 Å². The molecular formula is C20H16O3. The zero-order valence-electron chi connectivity index (χ0n) is 12.7. The lowest BCUT2D eigenvalue weighted by atomic mass is 10.0. The Balaban J connectivity index is 1.74. The summed E-state index contributed by atoms with van der Waals surface area (Å²) < 4.78 is 10.3. The molecule has 0 spiro atoms. The molecule has 3 rings (SSSR count). The van der Waals surface area contributed by atoms with E-state index in [1.807, 2.05) is 48.5 Å². The number of ether oxygens (including phenoxy) is 1. The average Bonchev–Trinajstić information content (AvgIpc) is 3.13. The number of hydrogen-bond donors (Lipinski definition) is 0. The van der Waals surface area contributed by atoms with E-state index < -0.39 is 0 Å². The lowest BCUT2D eigenvalue weighted by Gasteiger charge is -2.04. The van der Waals surface area contributed by atoms with E-state index in [4.69, 9.17) is 9.15 Å². The maximum absolute atomic E-state index is 12.1. The minimum atomic E-state index is -0.0531. The molecule has 0 aliphatic carbocycles. The first kappa shape index (κ1) is 14.9. The van der Waals surface area contributed by atoms with Gasteiger partial charge in [0.1, 0.15) is 11.5 Å². The summed E-state index contributed by atoms with van der Waals surface area (Å²) in [5, 5.41) is 0. The summed E-state index contributed by atoms with van der Waals surface area (Å²) in [4.78, 5) is 12.1. The van der Waals surface area contributed by atoms with E-state index in [2.05, 4.69) is 0 Å². The number of carbonyl (C=O) groups excluding carboxylic acids is 1. The van der Waals surface area contributed by atoms with Crippen LogP contribution in [0.3, 0.4) is 0 Å². The van der Waals surface area contributed by atoms with Crippen LogP contribution in [0, 0.1) is 0 Å². The van der Waals surface area contributed by atoms with Crippen molar-refractivity contribution in [2.24, 2.45) is 0 Å². The second-order valence-corrected chi connectivity index (χ2v) is 5.02. The van der Waals surface area contributed by atoms with Crippen LogP contribution in [0.1, 0.15) is 16.1 Å². The van der Waals surface area contributed by atoms with E-state index in [1.165, 1.54) is 6.08 Å². The van der Waals surface area contributed by atoms with Gasteiger partial charge in [-0.2, -0.15) is 0 Å². The highest BCUT2D eigenvalue weighted by Crippen LogP contribution is 2.23. The van der Waals surface area contributed by atoms with Crippen molar-refractivity contribution in [1.29, 1.82) is 0 Å². The largest absolute Gasteiger partial charge is 0.497 e. The van der Waals surface area contributed by atoms with E-state index in [1.54, 1.807) is 31.6 Å². The summed E-state index contributed by atoms with van der Waals surface area (Å²) in [6.07, 6.45) is 4.76. The second-order valence-electron chi connectivity index (χ2n) is 5.02. The van der Waals surface area contributed by atoms with E-state index >= 15 is 0 Å². The van der Waals surface area contributed by atoms with Gasteiger partial charge < -0.3 is 9.15 Å². The fraction of sp³-hybridized carbons (Fsp3) is 0.0500. The van der Waals surface area contributed by atoms with E-state index in [0.29, 0.717) is 11.3 Å². The topological polar surface area (TPSA) is 39.4 Å². The van der Waals surface area contributed by atoms with Gasteiger partial charge in [0.15, 0.2) is 5.78 Å². The second kappa shape index (κ2) is 6.79. The molecule has 3 heteroatoms. The SMILES string of the molecule is COc1ccc(-c2ccc(C(=O)/C=C/c3ccco3)cc2)cc1. The van der Waals surface area contributed by atoms with Gasteiger partial charge in [-0.15, -0.1) is 0 Å². The van der Waals surface area contributed by atoms with Crippen LogP contribution in [0.5, 0.6) is 5.75 Å². The standard InChI is InChI=1S/C20H16O3/c1-22-18-10-8-16(9-11-18)15-4-6-17(7-5-15)20(21)13-12-19-3-2-14-23-19/h2-14H,1H3/b13-12+. The van der Waals surface area contributed by atoms with Gasteiger partial charge in [-0.05, 0) is 47.5 Å². The average molecular weight is 304 g/mol. The van der Waals surface area contributed by atoms with Gasteiger partial charge >= 0.3 is 0 Å². The molecule has 3 aromatic rings. The zero-order valence-corrected chi connectivity index (χ0v) is 12.7. The first-order valence-electron chi connectivity index (χ1n) is 7.27. The van der Waals surface area contributed by atoms with Crippen molar-refractivity contribution in [3.8, 4) is 16.9 Å². The number of methoxy groups -OCH3 is 1. The van der Waals surface area contributed by atoms with Crippen molar-refractivity contribution in [2.45, 2.75) is 0 Å². The van der Waals surface area contributed by atoms with Crippen LogP contribution in [0.15, 0.2) is 77.4 Å². The third kappa shape index (κ3) is 3.58. The number of allylic oxidation sites excluding steroid dienone is 1. The highest BCUT2D eigenvalue weighted by molar-refractivity contribution is 6.06. The first-order chi connectivity index (χ1) is 11.3. The molecule has 0 fully saturated rings. The van der Waals surface area contributed by atoms with Crippen LogP contribution >= 0.6 is 0 Å². The summed E-state index contributed by atoms with van der Waals surface area (Å²) in [5.74, 6) is 1.43. The summed E-state index contributed by atoms with van der Waals surface area (Å²) in [6.45, 7) is 0. The Morgan fingerprint density at radius 2 is 1.61 bits per heavy atom. The molecule has 3 nitrogen and oxygen atoms in total. The Morgan fingerprint density at radius 3 is 2.17 bits per heavy atom. The fourth-order valence-electron chi connectivity index (χ4n) is 2.25. The van der Waals surface area contributed by atoms with Crippen LogP contribution in [0.25, 0.3) is 17.2 Å². The Kier molecular flexibility index (Phi) is 4.39. The molecule has 0 radical (unpaired) electrons. The highest BCUT2D eigenvalue weighted by Gasteiger charge is 2.04. The molecule has 0 saturated heterocycles. The third-order valence-corrected chi connectivity index (χ3v) is 3.53. The number of hydrogen-bond acceptors (Lipinski definition) is 3. The molecule has 0 N–H and O–H groups in total. The highest BCUT2D eigenvalue weighted by atomic mass is 16.5. The van der Waals surface area contributed by atoms with Crippen LogP contribution in [0.2, 0.25) is 0 Å². The lowest BCUT2D eigenvalue weighted by Crippen LogP contribution is -1.93. The molecule has 0 aliphatic heterocycles. The molecule has 0 aliphatic rings. The number of rotatable bonds is 5. The lowest BCUT2D eigenvalue weighted by molar-refractivity contribution is 0.104. The quantitative estimate of drug-likeness (QED) is 0.499. The predicted molar refractivity (Wildman–Crippen MR) is 90.5 cm³/mol. The third-order valence-electron chi connectivity index (χ3n) is 3.53. The Morgan fingerprint density at radius 1 is 0.957 bits per heavy atom. The maximum Gasteiger partial charge on any atom is 0.185 e. The van der Waals surface area contributed by atoms with Gasteiger partial charge in [-0.1, -0.05) is 36.4 Å². The molecule has 0 unspecified atom stereocenters. The van der Waals surface area contributed by atoms with Crippen molar-refractivity contribution in [3.63, 3.8) is 0 Å². The fourth-order valence-corrected chi connectivity index (χ4v) is 2.25. The minimum absolute atomic E-state index is 0.0531. The van der Waals surface area contributed by atoms with Gasteiger partial charge in [0.2, 0.25) is 0 Å². The van der Waals surface area contributed by atoms with Crippen molar-refractivity contribution in [2.75, 3.05) is 7.11 Å². The molecule has 1 aromatic heterocycles. The van der Waals surface area contributed by atoms with Crippen molar-refractivity contribution in [1.82, 2.24) is 0 Å². The molecule has 0 amide bonds. The molecule has 0 saturated carbocycles. The molecular weight excluding hydrogens is 288 g/mol. The Labute approximate surface area is 134 Å². The van der Waals surface area contributed by atoms with Crippen LogP contribution < -0.4 is 4.74 Å². The predicted octanol–water partition coefficient (Wildman–Crippen LogP) is 4.85. The number of benzene rings is 2. The summed E-state index contributed by atoms with van der Waals surface area (Å²) >= 11 is 0. The smallest absolute Gasteiger partial charge is 0.185 e. The first-order valence-corrected chi connectivity index (χ1v) is 7.27. The van der Waals surface area contributed by atoms with Gasteiger partial charge in [-0.25, -0.2) is 0 Å². The maximum atomic E-state index is 12.1. The Bertz CT molecular complexity index is 795. The summed E-state index contributed by atoms with van der Waals surface area (Å²) in [6, 6.07) is 18.9. The molecule has 0 bridgehead atoms. The van der Waals surface area contributed by atoms with Crippen molar-refractivity contribution >= 4 is 11.9 Å². The summed E-state index contributed by atoms with van der Waals surface area (Å²) in [7, 11) is 1.64. The van der Waals surface area contributed by atoms with E-state index in [0.717, 1.165) is 16.9 Å². The molecule has 0 atom stereocenters. The molecule has 1 heterocycles. The molecule has 114 valence electrons. The van der Waals surface area contributed by atoms with Gasteiger partial charge in [0.05, 0.1) is 13.4 Å². The van der Waals surface area contributed by atoms with Crippen molar-refractivity contribution in [3.05, 3.63) is 84.3 Å². The normalized spacial score (nSPS) is 10.8. The Hall–Kier alpha value is -3.07. The minimum Gasteiger partial charge on any atom is -0.497 e. The molecule has 23 heavy (non-hydrogen) atoms. The van der Waals surface area contributed by atoms with E-state index in [-0.39, 0.29) is 5.78 Å². The van der Waals surface area contributed by atoms with Crippen molar-refractivity contribution < 1.29 is 13.9 Å².